The van der Waals surface area contributed by atoms with E-state index in [-0.39, 0.29) is 23.6 Å². The van der Waals surface area contributed by atoms with Crippen molar-refractivity contribution >= 4 is 16.8 Å². The molecule has 0 saturated heterocycles. The maximum Gasteiger partial charge on any atom is 0.267 e. The van der Waals surface area contributed by atoms with Gasteiger partial charge < -0.3 is 15.0 Å². The first-order chi connectivity index (χ1) is 14.2. The van der Waals surface area contributed by atoms with Crippen LogP contribution in [0.2, 0.25) is 0 Å². The summed E-state index contributed by atoms with van der Waals surface area (Å²) < 4.78 is 7.06. The molecule has 1 aliphatic heterocycles. The second kappa shape index (κ2) is 7.48. The number of carbonyl (C=O) groups excluding carboxylic acids is 1. The number of aromatic amines is 1. The molecule has 0 atom stereocenters. The highest BCUT2D eigenvalue weighted by Gasteiger charge is 2.26. The lowest BCUT2D eigenvalue weighted by Crippen LogP contribution is -2.40. The highest BCUT2D eigenvalue weighted by atomic mass is 16.5. The van der Waals surface area contributed by atoms with E-state index < -0.39 is 0 Å². The third kappa shape index (κ3) is 3.58. The minimum atomic E-state index is -0.0753. The van der Waals surface area contributed by atoms with Crippen LogP contribution in [0.4, 0.5) is 0 Å². The van der Waals surface area contributed by atoms with Crippen LogP contribution in [0.3, 0.4) is 0 Å². The van der Waals surface area contributed by atoms with Crippen molar-refractivity contribution in [2.24, 2.45) is 0 Å². The summed E-state index contributed by atoms with van der Waals surface area (Å²) in [5.74, 6) is -0.0753. The summed E-state index contributed by atoms with van der Waals surface area (Å²) in [7, 11) is 0. The number of para-hydroxylation sites is 1. The number of aromatic nitrogens is 3. The lowest BCUT2D eigenvalue weighted by molar-refractivity contribution is 0.0916. The minimum absolute atomic E-state index is 0.0557. The topological polar surface area (TPSA) is 89.0 Å². The molecule has 1 saturated carbocycles. The molecule has 5 rings (SSSR count). The van der Waals surface area contributed by atoms with E-state index in [0.29, 0.717) is 18.9 Å². The molecular weight excluding hydrogens is 368 g/mol. The van der Waals surface area contributed by atoms with E-state index in [1.165, 1.54) is 0 Å². The van der Waals surface area contributed by atoms with Crippen molar-refractivity contribution in [2.75, 3.05) is 6.61 Å². The Morgan fingerprint density at radius 1 is 1.17 bits per heavy atom. The van der Waals surface area contributed by atoms with E-state index in [4.69, 9.17) is 4.74 Å². The molecule has 3 aromatic rings. The van der Waals surface area contributed by atoms with Gasteiger partial charge in [0.1, 0.15) is 5.69 Å². The summed E-state index contributed by atoms with van der Waals surface area (Å²) >= 11 is 0. The van der Waals surface area contributed by atoms with Crippen LogP contribution in [0.25, 0.3) is 10.9 Å². The Bertz CT molecular complexity index is 1080. The summed E-state index contributed by atoms with van der Waals surface area (Å²) in [5, 5.41) is 8.80. The van der Waals surface area contributed by atoms with Crippen LogP contribution in [0.5, 0.6) is 0 Å². The zero-order valence-corrected chi connectivity index (χ0v) is 16.2. The van der Waals surface area contributed by atoms with Gasteiger partial charge >= 0.3 is 0 Å². The molecule has 2 N–H and O–H groups in total. The Balaban J connectivity index is 1.24. The first-order valence-electron chi connectivity index (χ1n) is 10.3. The lowest BCUT2D eigenvalue weighted by atomic mass is 9.91. The number of hydrogen-bond donors (Lipinski definition) is 2. The van der Waals surface area contributed by atoms with Crippen LogP contribution >= 0.6 is 0 Å². The first kappa shape index (κ1) is 18.1. The van der Waals surface area contributed by atoms with Gasteiger partial charge in [-0.05, 0) is 37.8 Å². The van der Waals surface area contributed by atoms with Crippen molar-refractivity contribution < 1.29 is 9.53 Å². The summed E-state index contributed by atoms with van der Waals surface area (Å²) in [5.41, 5.74) is 3.38. The summed E-state index contributed by atoms with van der Waals surface area (Å²) in [6.45, 7) is 1.13. The fourth-order valence-corrected chi connectivity index (χ4v) is 4.41. The summed E-state index contributed by atoms with van der Waals surface area (Å²) in [6, 6.07) is 11.6. The number of nitrogens with one attached hydrogen (secondary N) is 2. The second-order valence-electron chi connectivity index (χ2n) is 7.95. The summed E-state index contributed by atoms with van der Waals surface area (Å²) in [4.78, 5) is 28.3. The Morgan fingerprint density at radius 2 is 2.00 bits per heavy atom. The predicted octanol–water partition coefficient (Wildman–Crippen LogP) is 2.71. The van der Waals surface area contributed by atoms with Crippen molar-refractivity contribution in [2.45, 2.75) is 50.8 Å². The monoisotopic (exact) mass is 392 g/mol. The summed E-state index contributed by atoms with van der Waals surface area (Å²) in [6.07, 6.45) is 4.10. The van der Waals surface area contributed by atoms with Crippen LogP contribution in [0.15, 0.2) is 41.2 Å². The molecule has 0 unspecified atom stereocenters. The van der Waals surface area contributed by atoms with Crippen molar-refractivity contribution in [1.82, 2.24) is 20.1 Å². The van der Waals surface area contributed by atoms with E-state index in [0.717, 1.165) is 54.3 Å². The molecule has 7 nitrogen and oxygen atoms in total. The number of nitrogens with zero attached hydrogens (tertiary/aromatic N) is 2. The van der Waals surface area contributed by atoms with Crippen LogP contribution in [0.1, 0.15) is 53.5 Å². The molecule has 3 heterocycles. The zero-order valence-electron chi connectivity index (χ0n) is 16.2. The standard InChI is InChI=1S/C22H24N4O3/c27-21-12-15-13-29-10-9-19(15)25-26(21)17-7-5-16(6-8-17)23-22(28)20-11-14-3-1-2-4-18(14)24-20/h1-4,11-12,16-17,24H,5-10,13H2,(H,23,28). The maximum absolute atomic E-state index is 12.6. The number of rotatable bonds is 3. The van der Waals surface area contributed by atoms with Crippen molar-refractivity contribution in [3.63, 3.8) is 0 Å². The van der Waals surface area contributed by atoms with Gasteiger partial charge in [0, 0.05) is 35.0 Å². The fourth-order valence-electron chi connectivity index (χ4n) is 4.41. The highest BCUT2D eigenvalue weighted by Crippen LogP contribution is 2.28. The minimum Gasteiger partial charge on any atom is -0.376 e. The first-order valence-corrected chi connectivity index (χ1v) is 10.3. The van der Waals surface area contributed by atoms with Crippen LogP contribution < -0.4 is 10.9 Å². The molecular formula is C22H24N4O3. The normalized spacial score (nSPS) is 21.7. The lowest BCUT2D eigenvalue weighted by Gasteiger charge is -2.30. The third-order valence-electron chi connectivity index (χ3n) is 6.02. The van der Waals surface area contributed by atoms with Gasteiger partial charge in [0.25, 0.3) is 11.5 Å². The van der Waals surface area contributed by atoms with Gasteiger partial charge in [-0.25, -0.2) is 4.68 Å². The van der Waals surface area contributed by atoms with Crippen molar-refractivity contribution in [1.29, 1.82) is 0 Å². The molecule has 1 amide bonds. The molecule has 2 aromatic heterocycles. The van der Waals surface area contributed by atoms with Gasteiger partial charge in [-0.15, -0.1) is 0 Å². The quantitative estimate of drug-likeness (QED) is 0.717. The third-order valence-corrected chi connectivity index (χ3v) is 6.02. The fraction of sp³-hybridized carbons (Fsp3) is 0.409. The van der Waals surface area contributed by atoms with E-state index in [2.05, 4.69) is 15.4 Å². The maximum atomic E-state index is 12.6. The Kier molecular flexibility index (Phi) is 4.67. The van der Waals surface area contributed by atoms with E-state index >= 15 is 0 Å². The number of H-pyrrole nitrogens is 1. The number of fused-ring (bicyclic) bond motifs is 2. The van der Waals surface area contributed by atoms with Crippen molar-refractivity contribution in [3.8, 4) is 0 Å². The number of ether oxygens (including phenoxy) is 1. The average molecular weight is 392 g/mol. The van der Waals surface area contributed by atoms with Crippen LogP contribution in [0, 0.1) is 0 Å². The zero-order chi connectivity index (χ0) is 19.8. The Labute approximate surface area is 168 Å². The number of hydrogen-bond acceptors (Lipinski definition) is 4. The molecule has 0 bridgehead atoms. The molecule has 2 aliphatic rings. The molecule has 1 aromatic carbocycles. The molecule has 29 heavy (non-hydrogen) atoms. The smallest absolute Gasteiger partial charge is 0.267 e. The van der Waals surface area contributed by atoms with Crippen LogP contribution in [-0.4, -0.2) is 33.3 Å². The van der Waals surface area contributed by atoms with E-state index in [1.807, 2.05) is 30.3 Å². The molecule has 1 aliphatic carbocycles. The van der Waals surface area contributed by atoms with Gasteiger partial charge in [0.2, 0.25) is 0 Å². The van der Waals surface area contributed by atoms with E-state index in [1.54, 1.807) is 10.7 Å². The Morgan fingerprint density at radius 3 is 2.83 bits per heavy atom. The molecule has 1 fully saturated rings. The highest BCUT2D eigenvalue weighted by molar-refractivity contribution is 5.98. The largest absolute Gasteiger partial charge is 0.376 e. The van der Waals surface area contributed by atoms with Gasteiger partial charge in [-0.2, -0.15) is 5.10 Å². The average Bonchev–Trinajstić information content (AvgIpc) is 3.18. The van der Waals surface area contributed by atoms with Gasteiger partial charge in [0.15, 0.2) is 0 Å². The van der Waals surface area contributed by atoms with Gasteiger partial charge in [-0.3, -0.25) is 9.59 Å². The Hall–Kier alpha value is -2.93. The number of benzene rings is 1. The van der Waals surface area contributed by atoms with E-state index in [9.17, 15) is 9.59 Å². The predicted molar refractivity (Wildman–Crippen MR) is 109 cm³/mol. The molecule has 0 spiro atoms. The molecule has 150 valence electrons. The number of carbonyl (C=O) groups is 1. The SMILES string of the molecule is O=C(NC1CCC(n2nc3c(cc2=O)COCC3)CC1)c1cc2ccccc2[nH]1. The number of amides is 1. The van der Waals surface area contributed by atoms with Crippen LogP contribution in [-0.2, 0) is 17.8 Å². The molecule has 7 heteroatoms. The van der Waals surface area contributed by atoms with Gasteiger partial charge in [-0.1, -0.05) is 18.2 Å². The second-order valence-corrected chi connectivity index (χ2v) is 7.95. The van der Waals surface area contributed by atoms with Crippen molar-refractivity contribution in [3.05, 3.63) is 63.7 Å². The van der Waals surface area contributed by atoms with Gasteiger partial charge in [0.05, 0.1) is 24.9 Å². The molecule has 0 radical (unpaired) electrons.